The lowest BCUT2D eigenvalue weighted by atomic mass is 10.5. The highest BCUT2D eigenvalue weighted by Gasteiger charge is 2.02. The van der Waals surface area contributed by atoms with Crippen molar-refractivity contribution in [1.29, 1.82) is 0 Å². The summed E-state index contributed by atoms with van der Waals surface area (Å²) in [6, 6.07) is 0. The first-order valence-electron chi connectivity index (χ1n) is 4.95. The first-order chi connectivity index (χ1) is 6.12. The molecule has 0 fully saturated rings. The Morgan fingerprint density at radius 3 is 0.875 bits per heavy atom. The second-order valence-corrected chi connectivity index (χ2v) is 5.48. The minimum absolute atomic E-state index is 0. The molecule has 4 nitrogen and oxygen atoms in total. The molecule has 0 saturated heterocycles. The number of quaternary nitrogens is 2. The maximum Gasteiger partial charge on any atom is 0.101 e. The molecule has 0 aliphatic carbocycles. The molecule has 6 heteroatoms. The average molecular weight is 371 g/mol. The second-order valence-electron chi connectivity index (χ2n) is 5.48. The summed E-state index contributed by atoms with van der Waals surface area (Å²) in [5.74, 6) is 0. The van der Waals surface area contributed by atoms with Gasteiger partial charge in [-0.25, -0.2) is 0 Å². The lowest BCUT2D eigenvalue weighted by Crippen LogP contribution is -3.00. The lowest BCUT2D eigenvalue weighted by Gasteiger charge is -2.21. The van der Waals surface area contributed by atoms with Crippen LogP contribution in [0.1, 0.15) is 0 Å². The minimum Gasteiger partial charge on any atom is -1.00 e. The van der Waals surface area contributed by atoms with E-state index in [4.69, 9.17) is 10.2 Å². The fourth-order valence-electron chi connectivity index (χ4n) is 0.600. The molecule has 0 spiro atoms. The van der Waals surface area contributed by atoms with Crippen LogP contribution in [0.4, 0.5) is 0 Å². The molecule has 0 aliphatic rings. The molecular formula is C10H28ClIN2O2. The van der Waals surface area contributed by atoms with Crippen LogP contribution in [0, 0.1) is 0 Å². The number of likely N-dealkylation sites (N-methyl/N-ethyl adjacent to an activating group) is 2. The molecule has 104 valence electrons. The number of aliphatic hydroxyl groups excluding tert-OH is 2. The Labute approximate surface area is 124 Å². The van der Waals surface area contributed by atoms with Gasteiger partial charge in [-0.05, 0) is 0 Å². The molecule has 0 rings (SSSR count). The summed E-state index contributed by atoms with van der Waals surface area (Å²) in [6.07, 6.45) is 0. The first-order valence-corrected chi connectivity index (χ1v) is 4.95. The quantitative estimate of drug-likeness (QED) is 0.382. The molecule has 0 aromatic rings. The SMILES string of the molecule is C[N+](C)(C)CCO.C[N+](C)(C)CCO.[Cl-].[I-]. The third-order valence-corrected chi connectivity index (χ3v) is 1.54. The van der Waals surface area contributed by atoms with Gasteiger partial charge in [0.1, 0.15) is 13.1 Å². The maximum absolute atomic E-state index is 8.39. The van der Waals surface area contributed by atoms with E-state index in [0.29, 0.717) is 0 Å². The molecule has 0 aliphatic heterocycles. The van der Waals surface area contributed by atoms with Crippen molar-refractivity contribution in [2.45, 2.75) is 0 Å². The van der Waals surface area contributed by atoms with Crippen LogP contribution >= 0.6 is 0 Å². The Morgan fingerprint density at radius 2 is 0.875 bits per heavy atom. The van der Waals surface area contributed by atoms with Gasteiger partial charge >= 0.3 is 0 Å². The molecule has 0 radical (unpaired) electrons. The molecule has 0 saturated carbocycles. The molecule has 2 N–H and O–H groups in total. The normalized spacial score (nSPS) is 10.5. The summed E-state index contributed by atoms with van der Waals surface area (Å²) in [5, 5.41) is 16.8. The van der Waals surface area contributed by atoms with Crippen molar-refractivity contribution in [3.8, 4) is 0 Å². The Balaban J connectivity index is -0.0000000800. The van der Waals surface area contributed by atoms with Crippen molar-refractivity contribution >= 4 is 0 Å². The summed E-state index contributed by atoms with van der Waals surface area (Å²) in [6.45, 7) is 2.23. The van der Waals surface area contributed by atoms with E-state index in [-0.39, 0.29) is 49.6 Å². The van der Waals surface area contributed by atoms with Gasteiger partial charge < -0.3 is 55.6 Å². The zero-order chi connectivity index (χ0) is 11.8. The highest BCUT2D eigenvalue weighted by Crippen LogP contribution is 1.85. The fourth-order valence-corrected chi connectivity index (χ4v) is 0.600. The fraction of sp³-hybridized carbons (Fsp3) is 1.00. The van der Waals surface area contributed by atoms with E-state index >= 15 is 0 Å². The van der Waals surface area contributed by atoms with Crippen molar-refractivity contribution in [3.63, 3.8) is 0 Å². The van der Waals surface area contributed by atoms with Crippen LogP contribution in [-0.4, -0.2) is 87.8 Å². The summed E-state index contributed by atoms with van der Waals surface area (Å²) >= 11 is 0. The maximum atomic E-state index is 8.39. The molecule has 0 unspecified atom stereocenters. The molecule has 0 bridgehead atoms. The molecule has 16 heavy (non-hydrogen) atoms. The van der Waals surface area contributed by atoms with Gasteiger partial charge in [-0.1, -0.05) is 0 Å². The number of hydrogen-bond donors (Lipinski definition) is 2. The number of halogens is 2. The van der Waals surface area contributed by atoms with E-state index < -0.39 is 0 Å². The van der Waals surface area contributed by atoms with E-state index in [1.54, 1.807) is 0 Å². The average Bonchev–Trinajstić information content (AvgIpc) is 1.81. The number of nitrogens with zero attached hydrogens (tertiary/aromatic N) is 2. The van der Waals surface area contributed by atoms with Gasteiger partial charge in [-0.2, -0.15) is 0 Å². The van der Waals surface area contributed by atoms with Gasteiger partial charge in [0.05, 0.1) is 55.5 Å². The van der Waals surface area contributed by atoms with Crippen LogP contribution in [0.25, 0.3) is 0 Å². The molecule has 0 heterocycles. The van der Waals surface area contributed by atoms with Crippen molar-refractivity contribution in [3.05, 3.63) is 0 Å². The summed E-state index contributed by atoms with van der Waals surface area (Å²) < 4.78 is 1.69. The Morgan fingerprint density at radius 1 is 0.688 bits per heavy atom. The minimum atomic E-state index is 0. The largest absolute Gasteiger partial charge is 1.00 e. The number of aliphatic hydroxyl groups is 2. The molecule has 0 atom stereocenters. The van der Waals surface area contributed by atoms with Gasteiger partial charge in [0, 0.05) is 0 Å². The number of rotatable bonds is 4. The summed E-state index contributed by atoms with van der Waals surface area (Å²) in [4.78, 5) is 0. The van der Waals surface area contributed by atoms with Gasteiger partial charge in [-0.15, -0.1) is 0 Å². The zero-order valence-corrected chi connectivity index (χ0v) is 14.3. The predicted molar refractivity (Wildman–Crippen MR) is 60.0 cm³/mol. The van der Waals surface area contributed by atoms with Crippen molar-refractivity contribution in [2.75, 3.05) is 68.6 Å². The monoisotopic (exact) mass is 370 g/mol. The highest BCUT2D eigenvalue weighted by molar-refractivity contribution is 4.19. The van der Waals surface area contributed by atoms with Crippen LogP contribution in [0.15, 0.2) is 0 Å². The van der Waals surface area contributed by atoms with Crippen molar-refractivity contribution < 1.29 is 55.6 Å². The smallest absolute Gasteiger partial charge is 0.101 e. The predicted octanol–water partition coefficient (Wildman–Crippen LogP) is -6.62. The van der Waals surface area contributed by atoms with Crippen LogP contribution < -0.4 is 36.4 Å². The molecular weight excluding hydrogens is 342 g/mol. The number of hydrogen-bond acceptors (Lipinski definition) is 2. The van der Waals surface area contributed by atoms with E-state index in [2.05, 4.69) is 42.3 Å². The Kier molecular flexibility index (Phi) is 19.7. The van der Waals surface area contributed by atoms with Crippen LogP contribution in [0.2, 0.25) is 0 Å². The van der Waals surface area contributed by atoms with Gasteiger partial charge in [0.15, 0.2) is 0 Å². The molecule has 0 aromatic carbocycles. The third-order valence-electron chi connectivity index (χ3n) is 1.54. The Hall–Kier alpha value is 0.860. The Bertz CT molecular complexity index is 120. The van der Waals surface area contributed by atoms with Gasteiger partial charge in [-0.3, -0.25) is 0 Å². The van der Waals surface area contributed by atoms with Crippen molar-refractivity contribution in [2.24, 2.45) is 0 Å². The van der Waals surface area contributed by atoms with E-state index in [9.17, 15) is 0 Å². The van der Waals surface area contributed by atoms with E-state index in [1.165, 1.54) is 0 Å². The molecule has 0 amide bonds. The van der Waals surface area contributed by atoms with Crippen LogP contribution in [0.3, 0.4) is 0 Å². The zero-order valence-electron chi connectivity index (χ0n) is 11.4. The molecule has 0 aromatic heterocycles. The van der Waals surface area contributed by atoms with E-state index in [0.717, 1.165) is 22.1 Å². The lowest BCUT2D eigenvalue weighted by molar-refractivity contribution is -0.870. The van der Waals surface area contributed by atoms with Crippen LogP contribution in [0.5, 0.6) is 0 Å². The van der Waals surface area contributed by atoms with E-state index in [1.807, 2.05) is 0 Å². The third kappa shape index (κ3) is 36.4. The second kappa shape index (κ2) is 12.3. The van der Waals surface area contributed by atoms with Gasteiger partial charge in [0.25, 0.3) is 0 Å². The topological polar surface area (TPSA) is 40.5 Å². The van der Waals surface area contributed by atoms with Gasteiger partial charge in [0.2, 0.25) is 0 Å². The highest BCUT2D eigenvalue weighted by atomic mass is 127. The summed E-state index contributed by atoms with van der Waals surface area (Å²) in [5.41, 5.74) is 0. The summed E-state index contributed by atoms with van der Waals surface area (Å²) in [7, 11) is 12.3. The first kappa shape index (κ1) is 25.6. The van der Waals surface area contributed by atoms with Crippen molar-refractivity contribution in [1.82, 2.24) is 0 Å². The van der Waals surface area contributed by atoms with Crippen LogP contribution in [-0.2, 0) is 0 Å². The standard InChI is InChI=1S/2C5H14NO.ClH.HI/c2*1-6(2,3)4-5-7;;/h2*7H,4-5H2,1-3H3;2*1H/q2*+1;;/p-2.